The molecule has 110 valence electrons. The Bertz CT molecular complexity index is 442. The van der Waals surface area contributed by atoms with Crippen LogP contribution in [0.1, 0.15) is 44.3 Å². The third-order valence-electron chi connectivity index (χ3n) is 4.13. The van der Waals surface area contributed by atoms with Gasteiger partial charge in [-0.2, -0.15) is 0 Å². The van der Waals surface area contributed by atoms with Crippen LogP contribution in [0, 0.1) is 5.92 Å². The zero-order chi connectivity index (χ0) is 14.6. The van der Waals surface area contributed by atoms with Crippen LogP contribution in [-0.2, 0) is 4.79 Å². The number of carbonyl (C=O) groups is 1. The second-order valence-corrected chi connectivity index (χ2v) is 5.69. The Morgan fingerprint density at radius 1 is 1.50 bits per heavy atom. The average Bonchev–Trinajstić information content (AvgIpc) is 2.46. The van der Waals surface area contributed by atoms with E-state index in [1.165, 1.54) is 0 Å². The van der Waals surface area contributed by atoms with Crippen molar-refractivity contribution in [1.29, 1.82) is 0 Å². The van der Waals surface area contributed by atoms with Gasteiger partial charge in [0.1, 0.15) is 0 Å². The molecule has 0 amide bonds. The van der Waals surface area contributed by atoms with E-state index < -0.39 is 11.6 Å². The van der Waals surface area contributed by atoms with Crippen molar-refractivity contribution in [2.45, 2.75) is 44.2 Å². The number of pyridine rings is 1. The third-order valence-corrected chi connectivity index (χ3v) is 4.13. The first kappa shape index (κ1) is 14.9. The molecule has 5 heteroatoms. The fourth-order valence-electron chi connectivity index (χ4n) is 2.66. The molecule has 0 aliphatic heterocycles. The van der Waals surface area contributed by atoms with E-state index in [4.69, 9.17) is 5.11 Å². The quantitative estimate of drug-likeness (QED) is 0.764. The predicted molar refractivity (Wildman–Crippen MR) is 75.2 cm³/mol. The molecule has 1 aromatic rings. The number of rotatable bonds is 5. The summed E-state index contributed by atoms with van der Waals surface area (Å²) >= 11 is 0. The summed E-state index contributed by atoms with van der Waals surface area (Å²) in [6.45, 7) is 2.48. The van der Waals surface area contributed by atoms with E-state index in [-0.39, 0.29) is 12.0 Å². The molecular formula is C15H22N2O3. The summed E-state index contributed by atoms with van der Waals surface area (Å²) in [6.07, 6.45) is 3.91. The standard InChI is InChI=1S/C15H22N2O3/c1-11(13-4-2-3-9-16-13)17-10-15(20)7-5-12(6-8-15)14(18)19/h2-4,9,11-12,17,20H,5-8,10H2,1H3,(H,18,19). The van der Waals surface area contributed by atoms with Crippen LogP contribution in [0.3, 0.4) is 0 Å². The first-order valence-corrected chi connectivity index (χ1v) is 7.10. The summed E-state index contributed by atoms with van der Waals surface area (Å²) in [5.74, 6) is -1.05. The topological polar surface area (TPSA) is 82.5 Å². The van der Waals surface area contributed by atoms with Gasteiger partial charge in [0.2, 0.25) is 0 Å². The maximum Gasteiger partial charge on any atom is 0.306 e. The summed E-state index contributed by atoms with van der Waals surface area (Å²) < 4.78 is 0. The SMILES string of the molecule is CC(NCC1(O)CCC(C(=O)O)CC1)c1ccccn1. The molecule has 1 atom stereocenters. The number of nitrogens with zero attached hydrogens (tertiary/aromatic N) is 1. The molecule has 0 saturated heterocycles. The third kappa shape index (κ3) is 3.77. The molecule has 1 heterocycles. The molecule has 1 saturated carbocycles. The van der Waals surface area contributed by atoms with Crippen molar-refractivity contribution >= 4 is 5.97 Å². The van der Waals surface area contributed by atoms with Gasteiger partial charge in [0, 0.05) is 18.8 Å². The van der Waals surface area contributed by atoms with Crippen LogP contribution in [0.5, 0.6) is 0 Å². The van der Waals surface area contributed by atoms with Gasteiger partial charge >= 0.3 is 5.97 Å². The summed E-state index contributed by atoms with van der Waals surface area (Å²) in [4.78, 5) is 15.2. The van der Waals surface area contributed by atoms with E-state index >= 15 is 0 Å². The Balaban J connectivity index is 1.83. The maximum atomic E-state index is 10.9. The first-order chi connectivity index (χ1) is 9.50. The van der Waals surface area contributed by atoms with Crippen LogP contribution >= 0.6 is 0 Å². The highest BCUT2D eigenvalue weighted by molar-refractivity contribution is 5.70. The molecule has 0 spiro atoms. The lowest BCUT2D eigenvalue weighted by molar-refractivity contribution is -0.144. The number of nitrogens with one attached hydrogen (secondary N) is 1. The van der Waals surface area contributed by atoms with Crippen molar-refractivity contribution in [2.24, 2.45) is 5.92 Å². The van der Waals surface area contributed by atoms with Crippen molar-refractivity contribution in [3.63, 3.8) is 0 Å². The molecule has 3 N–H and O–H groups in total. The van der Waals surface area contributed by atoms with E-state index in [2.05, 4.69) is 10.3 Å². The van der Waals surface area contributed by atoms with Gasteiger partial charge in [-0.05, 0) is 44.7 Å². The summed E-state index contributed by atoms with van der Waals surface area (Å²) in [7, 11) is 0. The molecule has 2 rings (SSSR count). The molecular weight excluding hydrogens is 256 g/mol. The monoisotopic (exact) mass is 278 g/mol. The van der Waals surface area contributed by atoms with Crippen molar-refractivity contribution in [2.75, 3.05) is 6.54 Å². The van der Waals surface area contributed by atoms with Crippen LogP contribution in [0.2, 0.25) is 0 Å². The van der Waals surface area contributed by atoms with E-state index in [1.54, 1.807) is 6.20 Å². The van der Waals surface area contributed by atoms with Crippen molar-refractivity contribution in [3.05, 3.63) is 30.1 Å². The van der Waals surface area contributed by atoms with Gasteiger partial charge in [-0.3, -0.25) is 9.78 Å². The average molecular weight is 278 g/mol. The molecule has 0 radical (unpaired) electrons. The fraction of sp³-hybridized carbons (Fsp3) is 0.600. The number of hydrogen-bond acceptors (Lipinski definition) is 4. The van der Waals surface area contributed by atoms with Gasteiger partial charge in [0.25, 0.3) is 0 Å². The molecule has 1 aliphatic rings. The minimum Gasteiger partial charge on any atom is -0.481 e. The van der Waals surface area contributed by atoms with Gasteiger partial charge in [0.05, 0.1) is 17.2 Å². The fourth-order valence-corrected chi connectivity index (χ4v) is 2.66. The van der Waals surface area contributed by atoms with E-state index in [0.717, 1.165) is 5.69 Å². The molecule has 1 fully saturated rings. The summed E-state index contributed by atoms with van der Waals surface area (Å²) in [5.41, 5.74) is 0.143. The molecule has 1 aromatic heterocycles. The summed E-state index contributed by atoms with van der Waals surface area (Å²) in [6, 6.07) is 5.82. The Labute approximate surface area is 119 Å². The normalized spacial score (nSPS) is 28.0. The number of aliphatic hydroxyl groups is 1. The highest BCUT2D eigenvalue weighted by Crippen LogP contribution is 2.32. The number of aliphatic carboxylic acids is 1. The van der Waals surface area contributed by atoms with Crippen LogP contribution < -0.4 is 5.32 Å². The molecule has 20 heavy (non-hydrogen) atoms. The molecule has 1 aliphatic carbocycles. The van der Waals surface area contributed by atoms with Gasteiger partial charge in [-0.1, -0.05) is 6.07 Å². The minimum absolute atomic E-state index is 0.0671. The zero-order valence-corrected chi connectivity index (χ0v) is 11.7. The molecule has 5 nitrogen and oxygen atoms in total. The highest BCUT2D eigenvalue weighted by atomic mass is 16.4. The molecule has 1 unspecified atom stereocenters. The zero-order valence-electron chi connectivity index (χ0n) is 11.7. The van der Waals surface area contributed by atoms with Crippen molar-refractivity contribution in [3.8, 4) is 0 Å². The second-order valence-electron chi connectivity index (χ2n) is 5.69. The van der Waals surface area contributed by atoms with Crippen LogP contribution in [0.4, 0.5) is 0 Å². The number of hydrogen-bond donors (Lipinski definition) is 3. The largest absolute Gasteiger partial charge is 0.481 e. The van der Waals surface area contributed by atoms with Crippen molar-refractivity contribution < 1.29 is 15.0 Å². The molecule has 0 bridgehead atoms. The van der Waals surface area contributed by atoms with Crippen LogP contribution in [-0.4, -0.2) is 33.3 Å². The smallest absolute Gasteiger partial charge is 0.306 e. The summed E-state index contributed by atoms with van der Waals surface area (Å²) in [5, 5.41) is 22.8. The number of aromatic nitrogens is 1. The lowest BCUT2D eigenvalue weighted by Gasteiger charge is -2.35. The highest BCUT2D eigenvalue weighted by Gasteiger charge is 2.35. The van der Waals surface area contributed by atoms with Crippen LogP contribution in [0.15, 0.2) is 24.4 Å². The molecule has 0 aromatic carbocycles. The Hall–Kier alpha value is -1.46. The van der Waals surface area contributed by atoms with Gasteiger partial charge in [0.15, 0.2) is 0 Å². The lowest BCUT2D eigenvalue weighted by atomic mass is 9.78. The van der Waals surface area contributed by atoms with Crippen LogP contribution in [0.25, 0.3) is 0 Å². The second kappa shape index (κ2) is 6.33. The van der Waals surface area contributed by atoms with E-state index in [0.29, 0.717) is 32.2 Å². The first-order valence-electron chi connectivity index (χ1n) is 7.10. The Kier molecular flexibility index (Phi) is 4.73. The van der Waals surface area contributed by atoms with Crippen molar-refractivity contribution in [1.82, 2.24) is 10.3 Å². The lowest BCUT2D eigenvalue weighted by Crippen LogP contribution is -2.45. The van der Waals surface area contributed by atoms with Gasteiger partial charge in [-0.15, -0.1) is 0 Å². The Morgan fingerprint density at radius 3 is 2.75 bits per heavy atom. The van der Waals surface area contributed by atoms with Gasteiger partial charge in [-0.25, -0.2) is 0 Å². The maximum absolute atomic E-state index is 10.9. The van der Waals surface area contributed by atoms with E-state index in [1.807, 2.05) is 25.1 Å². The number of carboxylic acids is 1. The van der Waals surface area contributed by atoms with E-state index in [9.17, 15) is 9.90 Å². The predicted octanol–water partition coefficient (Wildman–Crippen LogP) is 1.74. The minimum atomic E-state index is -0.797. The Morgan fingerprint density at radius 2 is 2.20 bits per heavy atom. The van der Waals surface area contributed by atoms with Gasteiger partial charge < -0.3 is 15.5 Å². The number of carboxylic acid groups (broad SMARTS) is 1.